The summed E-state index contributed by atoms with van der Waals surface area (Å²) in [6.07, 6.45) is 3.13. The minimum absolute atomic E-state index is 0. The van der Waals surface area contributed by atoms with E-state index in [9.17, 15) is 0 Å². The van der Waals surface area contributed by atoms with Gasteiger partial charge in [0.25, 0.3) is 0 Å². The van der Waals surface area contributed by atoms with Crippen LogP contribution in [0.1, 0.15) is 40.4 Å². The summed E-state index contributed by atoms with van der Waals surface area (Å²) in [5, 5.41) is 0. The highest BCUT2D eigenvalue weighted by atomic mass is 35.5. The summed E-state index contributed by atoms with van der Waals surface area (Å²) in [4.78, 5) is 4.38. The Kier molecular flexibility index (Phi) is 4.23. The maximum Gasteiger partial charge on any atom is 0.0394 e. The third-order valence-electron chi connectivity index (χ3n) is 4.90. The van der Waals surface area contributed by atoms with Crippen LogP contribution in [-0.2, 0) is 0 Å². The van der Waals surface area contributed by atoms with Crippen LogP contribution < -0.4 is 0 Å². The summed E-state index contributed by atoms with van der Waals surface area (Å²) in [6.45, 7) is -0.581. The van der Waals surface area contributed by atoms with Crippen LogP contribution >= 0.6 is 24.2 Å². The molecule has 0 spiro atoms. The largest absolute Gasteiger partial charge is 0.306 e. The van der Waals surface area contributed by atoms with Crippen molar-refractivity contribution in [3.63, 3.8) is 0 Å². The maximum absolute atomic E-state index is 7.73. The van der Waals surface area contributed by atoms with Gasteiger partial charge >= 0.3 is 0 Å². The zero-order valence-electron chi connectivity index (χ0n) is 16.1. The van der Waals surface area contributed by atoms with Gasteiger partial charge < -0.3 is 4.90 Å². The summed E-state index contributed by atoms with van der Waals surface area (Å²) in [5.74, 6) is 0.804. The van der Waals surface area contributed by atoms with Crippen molar-refractivity contribution in [2.24, 2.45) is 5.92 Å². The predicted molar refractivity (Wildman–Crippen MR) is 101 cm³/mol. The Balaban J connectivity index is 0.00000196. The number of benzene rings is 2. The smallest absolute Gasteiger partial charge is 0.0394 e. The second kappa shape index (κ2) is 7.29. The Morgan fingerprint density at radius 2 is 1.74 bits per heavy atom. The van der Waals surface area contributed by atoms with Crippen LogP contribution in [-0.4, -0.2) is 25.0 Å². The second-order valence-corrected chi connectivity index (χ2v) is 7.50. The topological polar surface area (TPSA) is 3.24 Å². The Morgan fingerprint density at radius 3 is 2.39 bits per heavy atom. The number of nitrogens with zero attached hydrogens (tertiary/aromatic N) is 1. The van der Waals surface area contributed by atoms with Crippen molar-refractivity contribution in [2.75, 3.05) is 20.1 Å². The van der Waals surface area contributed by atoms with Crippen LogP contribution in [0.2, 0.25) is 0 Å². The zero-order chi connectivity index (χ0) is 17.4. The van der Waals surface area contributed by atoms with Crippen LogP contribution in [0.4, 0.5) is 0 Å². The highest BCUT2D eigenvalue weighted by Crippen LogP contribution is 2.48. The van der Waals surface area contributed by atoms with Gasteiger partial charge in [-0.1, -0.05) is 48.2 Å². The lowest BCUT2D eigenvalue weighted by molar-refractivity contribution is 0.197. The number of rotatable bonds is 2. The third-order valence-corrected chi connectivity index (χ3v) is 6.08. The van der Waals surface area contributed by atoms with Gasteiger partial charge in [0.05, 0.1) is 0 Å². The first-order chi connectivity index (χ1) is 12.0. The normalized spacial score (nSPS) is 23.7. The standard InChI is InChI=1S/C20H23NS.ClH/c1-21-12-6-7-15(14-21)13-18-16-8-2-4-10-19(16)22-20-11-5-3-9-17(18)20;/h2-5,8-11,15,18H,6-7,12-14H2,1H3;1H/i1D3;. The Labute approximate surface area is 154 Å². The molecule has 0 N–H and O–H groups in total. The van der Waals surface area contributed by atoms with E-state index >= 15 is 0 Å². The van der Waals surface area contributed by atoms with Gasteiger partial charge in [0.2, 0.25) is 0 Å². The van der Waals surface area contributed by atoms with E-state index in [2.05, 4.69) is 48.5 Å². The van der Waals surface area contributed by atoms with E-state index < -0.39 is 6.98 Å². The molecule has 3 heteroatoms. The molecule has 122 valence electrons. The average Bonchev–Trinajstić information content (AvgIpc) is 2.61. The van der Waals surface area contributed by atoms with Crippen molar-refractivity contribution in [2.45, 2.75) is 35.0 Å². The monoisotopic (exact) mass is 348 g/mol. The molecule has 2 heterocycles. The second-order valence-electron chi connectivity index (χ2n) is 6.42. The number of likely N-dealkylation sites (tertiary alicyclic amines) is 1. The summed E-state index contributed by atoms with van der Waals surface area (Å²) in [7, 11) is 0. The first-order valence-electron chi connectivity index (χ1n) is 9.63. The molecule has 0 aliphatic carbocycles. The maximum atomic E-state index is 7.73. The lowest BCUT2D eigenvalue weighted by Gasteiger charge is -2.35. The van der Waals surface area contributed by atoms with Crippen LogP contribution in [0.5, 0.6) is 0 Å². The Bertz CT molecular complexity index is 719. The van der Waals surface area contributed by atoms with Crippen molar-refractivity contribution in [1.82, 2.24) is 4.90 Å². The molecule has 2 aliphatic rings. The lowest BCUT2D eigenvalue weighted by Crippen LogP contribution is -2.33. The highest BCUT2D eigenvalue weighted by Gasteiger charge is 2.29. The van der Waals surface area contributed by atoms with Crippen molar-refractivity contribution < 1.29 is 4.11 Å². The fourth-order valence-electron chi connectivity index (χ4n) is 3.85. The van der Waals surface area contributed by atoms with E-state index in [1.54, 1.807) is 4.90 Å². The number of piperidine rings is 1. The molecular formula is C20H24ClNS. The quantitative estimate of drug-likeness (QED) is 0.711. The van der Waals surface area contributed by atoms with Gasteiger partial charge in [0.1, 0.15) is 0 Å². The molecule has 0 radical (unpaired) electrons. The zero-order valence-corrected chi connectivity index (χ0v) is 14.7. The predicted octanol–water partition coefficient (Wildman–Crippen LogP) is 5.44. The molecule has 23 heavy (non-hydrogen) atoms. The molecule has 1 fully saturated rings. The van der Waals surface area contributed by atoms with Crippen LogP contribution in [0.25, 0.3) is 0 Å². The summed E-state index contributed by atoms with van der Waals surface area (Å²) >= 11 is 1.85. The summed E-state index contributed by atoms with van der Waals surface area (Å²) < 4.78 is 23.2. The SMILES string of the molecule is Cl.[2H]C([2H])([2H])N1CCCC(CC2c3ccccc3Sc3ccccc32)C1. The molecular weight excluding hydrogens is 322 g/mol. The number of halogens is 1. The van der Waals surface area contributed by atoms with Gasteiger partial charge in [0, 0.05) is 26.4 Å². The van der Waals surface area contributed by atoms with Gasteiger partial charge in [-0.2, -0.15) is 0 Å². The minimum Gasteiger partial charge on any atom is -0.306 e. The van der Waals surface area contributed by atoms with Crippen molar-refractivity contribution in [3.05, 3.63) is 59.7 Å². The van der Waals surface area contributed by atoms with Crippen molar-refractivity contribution in [1.29, 1.82) is 0 Å². The van der Waals surface area contributed by atoms with E-state index in [-0.39, 0.29) is 12.4 Å². The van der Waals surface area contributed by atoms with E-state index in [4.69, 9.17) is 4.11 Å². The van der Waals surface area contributed by atoms with Crippen molar-refractivity contribution >= 4 is 24.2 Å². The van der Waals surface area contributed by atoms with Gasteiger partial charge in [-0.25, -0.2) is 0 Å². The number of hydrogen-bond donors (Lipinski definition) is 0. The Hall–Kier alpha value is -0.960. The molecule has 1 unspecified atom stereocenters. The molecule has 4 rings (SSSR count). The molecule has 0 saturated carbocycles. The molecule has 1 nitrogen and oxygen atoms in total. The molecule has 0 aromatic heterocycles. The van der Waals surface area contributed by atoms with Crippen LogP contribution in [0.3, 0.4) is 0 Å². The molecule has 2 aromatic carbocycles. The summed E-state index contributed by atoms with van der Waals surface area (Å²) in [5.41, 5.74) is 2.80. The highest BCUT2D eigenvalue weighted by molar-refractivity contribution is 7.99. The third kappa shape index (κ3) is 3.45. The minimum atomic E-state index is -1.96. The molecule has 0 amide bonds. The number of fused-ring (bicyclic) bond motifs is 2. The lowest BCUT2D eigenvalue weighted by atomic mass is 9.80. The van der Waals surface area contributed by atoms with Crippen LogP contribution in [0.15, 0.2) is 58.3 Å². The van der Waals surface area contributed by atoms with E-state index in [0.29, 0.717) is 24.9 Å². The van der Waals surface area contributed by atoms with E-state index in [1.165, 1.54) is 20.9 Å². The Morgan fingerprint density at radius 1 is 1.09 bits per heavy atom. The number of hydrogen-bond acceptors (Lipinski definition) is 2. The summed E-state index contributed by atoms with van der Waals surface area (Å²) in [6, 6.07) is 17.4. The van der Waals surface area contributed by atoms with Gasteiger partial charge in [-0.05, 0) is 62.0 Å². The first kappa shape index (κ1) is 13.3. The van der Waals surface area contributed by atoms with Gasteiger partial charge in [0.15, 0.2) is 0 Å². The van der Waals surface area contributed by atoms with Gasteiger partial charge in [-0.3, -0.25) is 0 Å². The van der Waals surface area contributed by atoms with Crippen LogP contribution in [0, 0.1) is 5.92 Å². The van der Waals surface area contributed by atoms with E-state index in [1.807, 2.05) is 11.8 Å². The van der Waals surface area contributed by atoms with Gasteiger partial charge in [-0.15, -0.1) is 12.4 Å². The fraction of sp³-hybridized carbons (Fsp3) is 0.400. The molecule has 2 aromatic rings. The molecule has 1 atom stereocenters. The van der Waals surface area contributed by atoms with E-state index in [0.717, 1.165) is 19.3 Å². The van der Waals surface area contributed by atoms with Crippen molar-refractivity contribution in [3.8, 4) is 0 Å². The first-order valence-corrected chi connectivity index (χ1v) is 8.95. The average molecular weight is 349 g/mol. The molecule has 0 bridgehead atoms. The fourth-order valence-corrected chi connectivity index (χ4v) is 5.04. The molecule has 2 aliphatic heterocycles. The molecule has 1 saturated heterocycles.